The summed E-state index contributed by atoms with van der Waals surface area (Å²) in [6.45, 7) is 5.25. The highest BCUT2D eigenvalue weighted by Crippen LogP contribution is 2.23. The molecular formula is C14H18N4O2. The Balaban J connectivity index is 1.75. The molecule has 2 aromatic rings. The Kier molecular flexibility index (Phi) is 3.30. The standard InChI is InChI=1S/C14H18N4O2/c1-10-8-13(16-20-10)14(19)17-6-3-4-12(9-17)18-7-5-15-11(18)2/h5,7-8,12H,3-4,6,9H2,1-2H3/t12-/m0/s1. The zero-order valence-electron chi connectivity index (χ0n) is 11.7. The lowest BCUT2D eigenvalue weighted by Crippen LogP contribution is -2.41. The minimum absolute atomic E-state index is 0.0516. The lowest BCUT2D eigenvalue weighted by molar-refractivity contribution is 0.0668. The second-order valence-corrected chi connectivity index (χ2v) is 5.25. The van der Waals surface area contributed by atoms with E-state index in [1.807, 2.05) is 18.0 Å². The van der Waals surface area contributed by atoms with Crippen LogP contribution in [0.25, 0.3) is 0 Å². The number of carbonyl (C=O) groups is 1. The number of aryl methyl sites for hydroxylation is 2. The average molecular weight is 274 g/mol. The van der Waals surface area contributed by atoms with Crippen molar-refractivity contribution in [3.05, 3.63) is 35.7 Å². The normalized spacial score (nSPS) is 19.3. The Bertz CT molecular complexity index is 616. The molecule has 0 saturated carbocycles. The van der Waals surface area contributed by atoms with Gasteiger partial charge in [0.2, 0.25) is 0 Å². The van der Waals surface area contributed by atoms with Crippen molar-refractivity contribution >= 4 is 5.91 Å². The monoisotopic (exact) mass is 274 g/mol. The zero-order chi connectivity index (χ0) is 14.1. The average Bonchev–Trinajstić information content (AvgIpc) is 3.07. The third kappa shape index (κ3) is 2.33. The van der Waals surface area contributed by atoms with E-state index in [1.165, 1.54) is 0 Å². The number of rotatable bonds is 2. The van der Waals surface area contributed by atoms with E-state index in [1.54, 1.807) is 19.2 Å². The first-order valence-corrected chi connectivity index (χ1v) is 6.87. The summed E-state index contributed by atoms with van der Waals surface area (Å²) in [5.41, 5.74) is 0.394. The van der Waals surface area contributed by atoms with Gasteiger partial charge in [0, 0.05) is 31.5 Å². The Morgan fingerprint density at radius 2 is 2.30 bits per heavy atom. The van der Waals surface area contributed by atoms with Crippen molar-refractivity contribution in [2.75, 3.05) is 13.1 Å². The fourth-order valence-electron chi connectivity index (χ4n) is 2.77. The molecule has 106 valence electrons. The van der Waals surface area contributed by atoms with E-state index >= 15 is 0 Å². The predicted molar refractivity (Wildman–Crippen MR) is 72.4 cm³/mol. The lowest BCUT2D eigenvalue weighted by atomic mass is 10.0. The molecule has 6 heteroatoms. The molecule has 3 heterocycles. The van der Waals surface area contributed by atoms with E-state index in [9.17, 15) is 4.79 Å². The molecular weight excluding hydrogens is 256 g/mol. The molecule has 0 unspecified atom stereocenters. The first-order chi connectivity index (χ1) is 9.65. The number of aromatic nitrogens is 3. The van der Waals surface area contributed by atoms with E-state index in [2.05, 4.69) is 14.7 Å². The van der Waals surface area contributed by atoms with Gasteiger partial charge < -0.3 is 14.0 Å². The highest BCUT2D eigenvalue weighted by molar-refractivity contribution is 5.92. The first-order valence-electron chi connectivity index (χ1n) is 6.87. The third-order valence-corrected chi connectivity index (χ3v) is 3.79. The minimum Gasteiger partial charge on any atom is -0.361 e. The molecule has 2 aromatic heterocycles. The summed E-state index contributed by atoms with van der Waals surface area (Å²) in [4.78, 5) is 18.5. The maximum atomic E-state index is 12.4. The van der Waals surface area contributed by atoms with Crippen LogP contribution in [0.15, 0.2) is 23.0 Å². The van der Waals surface area contributed by atoms with Crippen LogP contribution in [0.1, 0.15) is 41.0 Å². The Hall–Kier alpha value is -2.11. The highest BCUT2D eigenvalue weighted by atomic mass is 16.5. The topological polar surface area (TPSA) is 64.2 Å². The molecule has 0 aromatic carbocycles. The zero-order valence-corrected chi connectivity index (χ0v) is 11.7. The predicted octanol–water partition coefficient (Wildman–Crippen LogP) is 1.97. The van der Waals surface area contributed by atoms with Gasteiger partial charge in [-0.3, -0.25) is 4.79 Å². The number of hydrogen-bond acceptors (Lipinski definition) is 4. The molecule has 3 rings (SSSR count). The van der Waals surface area contributed by atoms with Gasteiger partial charge >= 0.3 is 0 Å². The van der Waals surface area contributed by atoms with Crippen LogP contribution >= 0.6 is 0 Å². The molecule has 6 nitrogen and oxygen atoms in total. The third-order valence-electron chi connectivity index (χ3n) is 3.79. The molecule has 0 bridgehead atoms. The first kappa shape index (κ1) is 12.9. The molecule has 1 fully saturated rings. The summed E-state index contributed by atoms with van der Waals surface area (Å²) in [5, 5.41) is 3.81. The fraction of sp³-hybridized carbons (Fsp3) is 0.500. The number of amides is 1. The van der Waals surface area contributed by atoms with Crippen LogP contribution in [0.5, 0.6) is 0 Å². The lowest BCUT2D eigenvalue weighted by Gasteiger charge is -2.33. The second-order valence-electron chi connectivity index (χ2n) is 5.25. The molecule has 0 N–H and O–H groups in total. The van der Waals surface area contributed by atoms with Crippen LogP contribution in [-0.2, 0) is 0 Å². The Morgan fingerprint density at radius 1 is 1.45 bits per heavy atom. The van der Waals surface area contributed by atoms with Crippen LogP contribution < -0.4 is 0 Å². The molecule has 0 aliphatic carbocycles. The largest absolute Gasteiger partial charge is 0.361 e. The SMILES string of the molecule is Cc1cc(C(=O)N2CCC[C@H](n3ccnc3C)C2)no1. The van der Waals surface area contributed by atoms with Crippen molar-refractivity contribution < 1.29 is 9.32 Å². The summed E-state index contributed by atoms with van der Waals surface area (Å²) in [6.07, 6.45) is 5.84. The van der Waals surface area contributed by atoms with E-state index in [-0.39, 0.29) is 5.91 Å². The molecule has 0 radical (unpaired) electrons. The van der Waals surface area contributed by atoms with Crippen molar-refractivity contribution in [2.45, 2.75) is 32.7 Å². The summed E-state index contributed by atoms with van der Waals surface area (Å²) in [7, 11) is 0. The van der Waals surface area contributed by atoms with E-state index in [0.29, 0.717) is 24.0 Å². The smallest absolute Gasteiger partial charge is 0.276 e. The minimum atomic E-state index is -0.0516. The van der Waals surface area contributed by atoms with Gasteiger partial charge in [0.15, 0.2) is 5.69 Å². The van der Waals surface area contributed by atoms with Gasteiger partial charge in [0.25, 0.3) is 5.91 Å². The molecule has 1 aliphatic heterocycles. The molecule has 1 atom stereocenters. The van der Waals surface area contributed by atoms with E-state index in [0.717, 1.165) is 25.2 Å². The highest BCUT2D eigenvalue weighted by Gasteiger charge is 2.27. The Morgan fingerprint density at radius 3 is 2.95 bits per heavy atom. The summed E-state index contributed by atoms with van der Waals surface area (Å²) < 4.78 is 7.13. The fourth-order valence-corrected chi connectivity index (χ4v) is 2.77. The van der Waals surface area contributed by atoms with E-state index < -0.39 is 0 Å². The van der Waals surface area contributed by atoms with Gasteiger partial charge in [-0.15, -0.1) is 0 Å². The molecule has 20 heavy (non-hydrogen) atoms. The molecule has 0 spiro atoms. The van der Waals surface area contributed by atoms with Crippen molar-refractivity contribution in [1.29, 1.82) is 0 Å². The van der Waals surface area contributed by atoms with Crippen molar-refractivity contribution in [3.63, 3.8) is 0 Å². The van der Waals surface area contributed by atoms with Crippen LogP contribution in [0.4, 0.5) is 0 Å². The second kappa shape index (κ2) is 5.11. The van der Waals surface area contributed by atoms with Crippen molar-refractivity contribution in [2.24, 2.45) is 0 Å². The summed E-state index contributed by atoms with van der Waals surface area (Å²) in [5.74, 6) is 1.60. The van der Waals surface area contributed by atoms with Crippen LogP contribution in [0.2, 0.25) is 0 Å². The number of nitrogens with zero attached hydrogens (tertiary/aromatic N) is 4. The maximum Gasteiger partial charge on any atom is 0.276 e. The van der Waals surface area contributed by atoms with E-state index in [4.69, 9.17) is 4.52 Å². The van der Waals surface area contributed by atoms with Gasteiger partial charge in [-0.2, -0.15) is 0 Å². The molecule has 1 amide bonds. The van der Waals surface area contributed by atoms with Crippen LogP contribution in [0.3, 0.4) is 0 Å². The molecule has 1 aliphatic rings. The van der Waals surface area contributed by atoms with Crippen molar-refractivity contribution in [3.8, 4) is 0 Å². The maximum absolute atomic E-state index is 12.4. The number of carbonyl (C=O) groups excluding carboxylic acids is 1. The van der Waals surface area contributed by atoms with Gasteiger partial charge in [0.1, 0.15) is 11.6 Å². The van der Waals surface area contributed by atoms with Gasteiger partial charge in [-0.1, -0.05) is 5.16 Å². The molecule has 1 saturated heterocycles. The summed E-state index contributed by atoms with van der Waals surface area (Å²) >= 11 is 0. The Labute approximate surface area is 117 Å². The number of hydrogen-bond donors (Lipinski definition) is 0. The van der Waals surface area contributed by atoms with Crippen LogP contribution in [-0.4, -0.2) is 38.6 Å². The number of imidazole rings is 1. The quantitative estimate of drug-likeness (QED) is 0.839. The van der Waals surface area contributed by atoms with Gasteiger partial charge in [-0.25, -0.2) is 4.98 Å². The van der Waals surface area contributed by atoms with Gasteiger partial charge in [-0.05, 0) is 26.7 Å². The number of likely N-dealkylation sites (tertiary alicyclic amines) is 1. The van der Waals surface area contributed by atoms with Gasteiger partial charge in [0.05, 0.1) is 6.04 Å². The summed E-state index contributed by atoms with van der Waals surface area (Å²) in [6, 6.07) is 1.98. The van der Waals surface area contributed by atoms with Crippen molar-refractivity contribution in [1.82, 2.24) is 19.6 Å². The van der Waals surface area contributed by atoms with Crippen LogP contribution in [0, 0.1) is 13.8 Å². The number of piperidine rings is 1.